The second-order valence-electron chi connectivity index (χ2n) is 9.06. The quantitative estimate of drug-likeness (QED) is 0.562. The lowest BCUT2D eigenvalue weighted by Gasteiger charge is -2.35. The Bertz CT molecular complexity index is 1400. The van der Waals surface area contributed by atoms with E-state index >= 15 is 0 Å². The third-order valence-corrected chi connectivity index (χ3v) is 8.11. The lowest BCUT2D eigenvalue weighted by molar-refractivity contribution is -0.128. The van der Waals surface area contributed by atoms with Gasteiger partial charge in [-0.3, -0.25) is 9.10 Å². The Kier molecular flexibility index (Phi) is 6.26. The van der Waals surface area contributed by atoms with E-state index in [1.807, 2.05) is 45.0 Å². The molecular formula is C27H28N2O6S. The third-order valence-electron chi connectivity index (χ3n) is 6.31. The molecule has 2 heterocycles. The molecule has 3 aromatic rings. The molecule has 0 spiro atoms. The number of carbonyl (C=O) groups excluding carboxylic acids is 1. The number of rotatable bonds is 5. The molecule has 0 aromatic heterocycles. The molecule has 0 unspecified atom stereocenters. The number of hydrogen-bond donors (Lipinski definition) is 1. The molecule has 2 aliphatic heterocycles. The molecule has 0 fully saturated rings. The molecule has 0 radical (unpaired) electrons. The number of fused-ring (bicyclic) bond motifs is 2. The minimum absolute atomic E-state index is 0.147. The Morgan fingerprint density at radius 3 is 2.36 bits per heavy atom. The highest BCUT2D eigenvalue weighted by Crippen LogP contribution is 2.38. The molecule has 1 amide bonds. The zero-order valence-corrected chi connectivity index (χ0v) is 21.2. The van der Waals surface area contributed by atoms with Crippen LogP contribution in [0.1, 0.15) is 29.7 Å². The van der Waals surface area contributed by atoms with Crippen molar-refractivity contribution in [3.63, 3.8) is 0 Å². The molecule has 188 valence electrons. The summed E-state index contributed by atoms with van der Waals surface area (Å²) in [6.45, 7) is 6.46. The smallest absolute Gasteiger partial charge is 0.264 e. The first-order valence-electron chi connectivity index (χ1n) is 11.8. The van der Waals surface area contributed by atoms with Crippen molar-refractivity contribution in [1.29, 1.82) is 0 Å². The van der Waals surface area contributed by atoms with Gasteiger partial charge < -0.3 is 19.5 Å². The maximum Gasteiger partial charge on any atom is 0.264 e. The van der Waals surface area contributed by atoms with Gasteiger partial charge >= 0.3 is 0 Å². The van der Waals surface area contributed by atoms with Crippen LogP contribution in [0.15, 0.2) is 65.6 Å². The molecular weight excluding hydrogens is 480 g/mol. The number of benzene rings is 3. The van der Waals surface area contributed by atoms with Crippen molar-refractivity contribution >= 4 is 21.6 Å². The average Bonchev–Trinajstić information content (AvgIpc) is 2.87. The molecule has 0 bridgehead atoms. The summed E-state index contributed by atoms with van der Waals surface area (Å²) in [4.78, 5) is 13.5. The van der Waals surface area contributed by atoms with Gasteiger partial charge in [-0.1, -0.05) is 29.8 Å². The van der Waals surface area contributed by atoms with Crippen molar-refractivity contribution in [3.05, 3.63) is 77.4 Å². The predicted molar refractivity (Wildman–Crippen MR) is 135 cm³/mol. The summed E-state index contributed by atoms with van der Waals surface area (Å²) in [7, 11) is -3.92. The monoisotopic (exact) mass is 508 g/mol. The summed E-state index contributed by atoms with van der Waals surface area (Å²) in [6.07, 6.45) is -1.03. The van der Waals surface area contributed by atoms with E-state index in [1.165, 1.54) is 4.31 Å². The van der Waals surface area contributed by atoms with Gasteiger partial charge in [-0.25, -0.2) is 8.42 Å². The van der Waals surface area contributed by atoms with Crippen molar-refractivity contribution in [2.75, 3.05) is 24.1 Å². The second kappa shape index (κ2) is 9.39. The van der Waals surface area contributed by atoms with Gasteiger partial charge in [0.25, 0.3) is 15.9 Å². The van der Waals surface area contributed by atoms with Crippen LogP contribution in [-0.2, 0) is 14.8 Å². The molecule has 36 heavy (non-hydrogen) atoms. The van der Waals surface area contributed by atoms with Crippen molar-refractivity contribution in [1.82, 2.24) is 5.32 Å². The fourth-order valence-corrected chi connectivity index (χ4v) is 5.76. The maximum absolute atomic E-state index is 13.6. The van der Waals surface area contributed by atoms with Gasteiger partial charge in [-0.2, -0.15) is 0 Å². The number of aryl methyl sites for hydroxylation is 2. The number of nitrogens with zero attached hydrogens (tertiary/aromatic N) is 1. The number of carbonyl (C=O) groups is 1. The van der Waals surface area contributed by atoms with Crippen molar-refractivity contribution < 1.29 is 27.4 Å². The molecule has 8 nitrogen and oxygen atoms in total. The summed E-state index contributed by atoms with van der Waals surface area (Å²) in [6, 6.07) is 17.1. The fourth-order valence-electron chi connectivity index (χ4n) is 4.28. The Hall–Kier alpha value is -3.72. The molecule has 9 heteroatoms. The number of amides is 1. The first-order chi connectivity index (χ1) is 17.2. The van der Waals surface area contributed by atoms with E-state index in [0.29, 0.717) is 36.1 Å². The zero-order chi connectivity index (χ0) is 25.4. The maximum atomic E-state index is 13.6. The van der Waals surface area contributed by atoms with Crippen LogP contribution in [0.25, 0.3) is 0 Å². The lowest BCUT2D eigenvalue weighted by atomic mass is 10.1. The van der Waals surface area contributed by atoms with Crippen molar-refractivity contribution in [2.45, 2.75) is 37.8 Å². The predicted octanol–water partition coefficient (Wildman–Crippen LogP) is 3.91. The minimum atomic E-state index is -3.92. The van der Waals surface area contributed by atoms with Crippen LogP contribution in [0.3, 0.4) is 0 Å². The van der Waals surface area contributed by atoms with Gasteiger partial charge in [0.1, 0.15) is 19.0 Å². The van der Waals surface area contributed by atoms with Gasteiger partial charge in [0, 0.05) is 0 Å². The minimum Gasteiger partial charge on any atom is -0.486 e. The van der Waals surface area contributed by atoms with E-state index in [9.17, 15) is 13.2 Å². The van der Waals surface area contributed by atoms with E-state index in [4.69, 9.17) is 14.2 Å². The lowest BCUT2D eigenvalue weighted by Crippen LogP contribution is -2.51. The number of hydrogen-bond acceptors (Lipinski definition) is 6. The van der Waals surface area contributed by atoms with Gasteiger partial charge in [-0.05, 0) is 68.3 Å². The summed E-state index contributed by atoms with van der Waals surface area (Å²) in [5.41, 5.74) is 3.10. The molecule has 2 aliphatic rings. The van der Waals surface area contributed by atoms with E-state index in [2.05, 4.69) is 5.32 Å². The van der Waals surface area contributed by atoms with Gasteiger partial charge in [0.2, 0.25) is 0 Å². The summed E-state index contributed by atoms with van der Waals surface area (Å²) >= 11 is 0. The average molecular weight is 509 g/mol. The van der Waals surface area contributed by atoms with E-state index in [1.54, 1.807) is 36.4 Å². The van der Waals surface area contributed by atoms with Crippen molar-refractivity contribution in [2.24, 2.45) is 0 Å². The molecule has 2 atom stereocenters. The molecule has 0 saturated carbocycles. The third kappa shape index (κ3) is 4.58. The van der Waals surface area contributed by atoms with Crippen molar-refractivity contribution in [3.8, 4) is 17.2 Å². The van der Waals surface area contributed by atoms with Crippen LogP contribution in [0.5, 0.6) is 17.2 Å². The standard InChI is InChI=1S/C27H28N2O6S/c1-17-4-8-21(9-5-17)36(31,32)29-16-26(35-24-14-18(2)6-10-22(24)29)27(30)28-19(3)20-7-11-23-25(15-20)34-13-12-33-23/h4-11,14-15,19,26H,12-13,16H2,1-3H3,(H,28,30)/t19-,26-/m1/s1. The Labute approximate surface area is 210 Å². The molecule has 3 aromatic carbocycles. The highest BCUT2D eigenvalue weighted by molar-refractivity contribution is 7.92. The number of nitrogens with one attached hydrogen (secondary N) is 1. The van der Waals surface area contributed by atoms with Crippen LogP contribution in [0.2, 0.25) is 0 Å². The van der Waals surface area contributed by atoms with Gasteiger partial charge in [-0.15, -0.1) is 0 Å². The largest absolute Gasteiger partial charge is 0.486 e. The normalized spacial score (nSPS) is 17.5. The SMILES string of the molecule is Cc1ccc(S(=O)(=O)N2C[C@H](C(=O)N[C@H](C)c3ccc4c(c3)OCCO4)Oc3cc(C)ccc32)cc1. The molecule has 5 rings (SSSR count). The summed E-state index contributed by atoms with van der Waals surface area (Å²) < 4.78 is 45.7. The van der Waals surface area contributed by atoms with Crippen LogP contribution in [0.4, 0.5) is 5.69 Å². The molecule has 0 saturated heterocycles. The number of sulfonamides is 1. The number of anilines is 1. The van der Waals surface area contributed by atoms with E-state index < -0.39 is 22.0 Å². The Balaban J connectivity index is 1.41. The van der Waals surface area contributed by atoms with E-state index in [-0.39, 0.29) is 17.5 Å². The van der Waals surface area contributed by atoms with Crippen LogP contribution >= 0.6 is 0 Å². The highest BCUT2D eigenvalue weighted by atomic mass is 32.2. The Morgan fingerprint density at radius 1 is 0.917 bits per heavy atom. The van der Waals surface area contributed by atoms with E-state index in [0.717, 1.165) is 16.7 Å². The van der Waals surface area contributed by atoms with Crippen LogP contribution in [0, 0.1) is 13.8 Å². The zero-order valence-electron chi connectivity index (χ0n) is 20.4. The topological polar surface area (TPSA) is 94.2 Å². The summed E-state index contributed by atoms with van der Waals surface area (Å²) in [5.74, 6) is 1.24. The number of ether oxygens (including phenoxy) is 3. The van der Waals surface area contributed by atoms with Gasteiger partial charge in [0.15, 0.2) is 17.6 Å². The van der Waals surface area contributed by atoms with Crippen LogP contribution in [-0.4, -0.2) is 40.2 Å². The first-order valence-corrected chi connectivity index (χ1v) is 13.2. The fraction of sp³-hybridized carbons (Fsp3) is 0.296. The molecule has 1 N–H and O–H groups in total. The second-order valence-corrected chi connectivity index (χ2v) is 10.9. The molecule has 0 aliphatic carbocycles. The van der Waals surface area contributed by atoms with Gasteiger partial charge in [0.05, 0.1) is 23.2 Å². The first kappa shape index (κ1) is 24.0. The highest BCUT2D eigenvalue weighted by Gasteiger charge is 2.38. The van der Waals surface area contributed by atoms with Crippen LogP contribution < -0.4 is 23.8 Å². The Morgan fingerprint density at radius 2 is 1.61 bits per heavy atom. The summed E-state index contributed by atoms with van der Waals surface area (Å²) in [5, 5.41) is 2.96.